The first kappa shape index (κ1) is 15.2. The number of hydrogen-bond acceptors (Lipinski definition) is 1. The molecular formula is C23H22O. The van der Waals surface area contributed by atoms with Crippen LogP contribution in [0.4, 0.5) is 0 Å². The van der Waals surface area contributed by atoms with Crippen LogP contribution in [0.3, 0.4) is 0 Å². The van der Waals surface area contributed by atoms with E-state index in [0.717, 1.165) is 17.5 Å². The highest BCUT2D eigenvalue weighted by molar-refractivity contribution is 5.46. The smallest absolute Gasteiger partial charge is 0.104 e. The fourth-order valence-electron chi connectivity index (χ4n) is 4.03. The molecular weight excluding hydrogens is 292 g/mol. The van der Waals surface area contributed by atoms with Gasteiger partial charge in [-0.3, -0.25) is 0 Å². The Labute approximate surface area is 143 Å². The van der Waals surface area contributed by atoms with E-state index in [1.54, 1.807) is 0 Å². The van der Waals surface area contributed by atoms with Crippen LogP contribution in [0.1, 0.15) is 46.8 Å². The average molecular weight is 314 g/mol. The lowest BCUT2D eigenvalue weighted by atomic mass is 9.86. The Balaban J connectivity index is 1.74. The Hall–Kier alpha value is -2.38. The summed E-state index contributed by atoms with van der Waals surface area (Å²) in [6.45, 7) is 2.32. The van der Waals surface area contributed by atoms with Crippen LogP contribution in [-0.4, -0.2) is 5.11 Å². The van der Waals surface area contributed by atoms with E-state index in [4.69, 9.17) is 0 Å². The van der Waals surface area contributed by atoms with Gasteiger partial charge < -0.3 is 5.11 Å². The summed E-state index contributed by atoms with van der Waals surface area (Å²) in [6.07, 6.45) is 0.542. The molecule has 1 N–H and O–H groups in total. The normalized spacial score (nSPS) is 20.6. The van der Waals surface area contributed by atoms with Crippen molar-refractivity contribution in [1.29, 1.82) is 0 Å². The largest absolute Gasteiger partial charge is 0.384 e. The highest BCUT2D eigenvalue weighted by atomic mass is 16.3. The molecule has 0 saturated carbocycles. The molecule has 3 atom stereocenters. The van der Waals surface area contributed by atoms with Crippen molar-refractivity contribution >= 4 is 0 Å². The molecule has 0 saturated heterocycles. The summed E-state index contributed by atoms with van der Waals surface area (Å²) in [7, 11) is 0. The molecule has 24 heavy (non-hydrogen) atoms. The third-order valence-corrected chi connectivity index (χ3v) is 5.21. The van der Waals surface area contributed by atoms with Crippen LogP contribution >= 0.6 is 0 Å². The number of fused-ring (bicyclic) bond motifs is 1. The highest BCUT2D eigenvalue weighted by Gasteiger charge is 2.31. The molecule has 0 heterocycles. The first-order valence-corrected chi connectivity index (χ1v) is 8.64. The van der Waals surface area contributed by atoms with Gasteiger partial charge in [0.15, 0.2) is 0 Å². The van der Waals surface area contributed by atoms with E-state index in [-0.39, 0.29) is 0 Å². The molecule has 4 rings (SSSR count). The molecule has 3 aromatic rings. The Bertz CT molecular complexity index is 823. The van der Waals surface area contributed by atoms with Gasteiger partial charge in [-0.15, -0.1) is 0 Å². The van der Waals surface area contributed by atoms with Crippen LogP contribution in [0.25, 0.3) is 0 Å². The van der Waals surface area contributed by atoms with E-state index in [1.807, 2.05) is 30.3 Å². The molecule has 1 aliphatic rings. The van der Waals surface area contributed by atoms with Gasteiger partial charge in [0.05, 0.1) is 0 Å². The van der Waals surface area contributed by atoms with Gasteiger partial charge in [-0.25, -0.2) is 0 Å². The van der Waals surface area contributed by atoms with E-state index >= 15 is 0 Å². The lowest BCUT2D eigenvalue weighted by molar-refractivity contribution is 0.220. The molecule has 0 fully saturated rings. The van der Waals surface area contributed by atoms with Gasteiger partial charge in [-0.1, -0.05) is 85.8 Å². The minimum atomic E-state index is -0.566. The summed E-state index contributed by atoms with van der Waals surface area (Å²) < 4.78 is 0. The van der Waals surface area contributed by atoms with Gasteiger partial charge in [-0.2, -0.15) is 0 Å². The fraction of sp³-hybridized carbons (Fsp3) is 0.217. The van der Waals surface area contributed by atoms with Gasteiger partial charge >= 0.3 is 0 Å². The standard InChI is InChI=1S/C23H22O/c1-16-14-19-12-13-20(23(24)18-10-6-3-7-11-18)15-21(19)22(16)17-8-4-2-5-9-17/h2-13,15-16,22-24H,14H2,1H3/t16-,22-,23?/m0/s1. The minimum Gasteiger partial charge on any atom is -0.384 e. The summed E-state index contributed by atoms with van der Waals surface area (Å²) in [6, 6.07) is 27.1. The van der Waals surface area contributed by atoms with Crippen molar-refractivity contribution in [2.75, 3.05) is 0 Å². The Kier molecular flexibility index (Phi) is 3.95. The Morgan fingerprint density at radius 2 is 1.50 bits per heavy atom. The molecule has 1 heteroatoms. The second-order valence-electron chi connectivity index (χ2n) is 6.84. The van der Waals surface area contributed by atoms with Gasteiger partial charge in [0, 0.05) is 5.92 Å². The number of aliphatic hydroxyl groups is 1. The van der Waals surface area contributed by atoms with E-state index in [0.29, 0.717) is 11.8 Å². The summed E-state index contributed by atoms with van der Waals surface area (Å²) in [5.74, 6) is 1.01. The average Bonchev–Trinajstić information content (AvgIpc) is 2.97. The Morgan fingerprint density at radius 1 is 0.833 bits per heavy atom. The topological polar surface area (TPSA) is 20.2 Å². The monoisotopic (exact) mass is 314 g/mol. The zero-order chi connectivity index (χ0) is 16.5. The summed E-state index contributed by atoms with van der Waals surface area (Å²) in [4.78, 5) is 0. The second-order valence-corrected chi connectivity index (χ2v) is 6.84. The van der Waals surface area contributed by atoms with Gasteiger partial charge in [-0.05, 0) is 40.2 Å². The predicted octanol–water partition coefficient (Wildman–Crippen LogP) is 5.09. The maximum atomic E-state index is 10.7. The highest BCUT2D eigenvalue weighted by Crippen LogP contribution is 2.43. The molecule has 0 bridgehead atoms. The van der Waals surface area contributed by atoms with Gasteiger partial charge in [0.2, 0.25) is 0 Å². The van der Waals surface area contributed by atoms with Crippen molar-refractivity contribution in [3.05, 3.63) is 107 Å². The fourth-order valence-corrected chi connectivity index (χ4v) is 4.03. The number of hydrogen-bond donors (Lipinski definition) is 1. The van der Waals surface area contributed by atoms with Crippen molar-refractivity contribution in [3.8, 4) is 0 Å². The van der Waals surface area contributed by atoms with Crippen LogP contribution in [0.15, 0.2) is 78.9 Å². The van der Waals surface area contributed by atoms with Gasteiger partial charge in [0.25, 0.3) is 0 Å². The van der Waals surface area contributed by atoms with Crippen molar-refractivity contribution < 1.29 is 5.11 Å². The molecule has 120 valence electrons. The molecule has 0 aromatic heterocycles. The number of benzene rings is 3. The zero-order valence-electron chi connectivity index (χ0n) is 13.9. The summed E-state index contributed by atoms with van der Waals surface area (Å²) in [5, 5.41) is 10.7. The van der Waals surface area contributed by atoms with E-state index < -0.39 is 6.10 Å². The van der Waals surface area contributed by atoms with Crippen molar-refractivity contribution in [1.82, 2.24) is 0 Å². The molecule has 0 spiro atoms. The van der Waals surface area contributed by atoms with E-state index in [2.05, 4.69) is 55.5 Å². The van der Waals surface area contributed by atoms with Crippen LogP contribution in [0.2, 0.25) is 0 Å². The van der Waals surface area contributed by atoms with E-state index in [9.17, 15) is 5.11 Å². The van der Waals surface area contributed by atoms with Crippen LogP contribution in [0, 0.1) is 5.92 Å². The molecule has 0 radical (unpaired) electrons. The van der Waals surface area contributed by atoms with E-state index in [1.165, 1.54) is 16.7 Å². The van der Waals surface area contributed by atoms with Crippen LogP contribution < -0.4 is 0 Å². The first-order chi connectivity index (χ1) is 11.7. The third-order valence-electron chi connectivity index (χ3n) is 5.21. The van der Waals surface area contributed by atoms with Crippen molar-refractivity contribution in [2.45, 2.75) is 25.4 Å². The zero-order valence-corrected chi connectivity index (χ0v) is 13.9. The summed E-state index contributed by atoms with van der Waals surface area (Å²) >= 11 is 0. The molecule has 0 aliphatic heterocycles. The van der Waals surface area contributed by atoms with Crippen molar-refractivity contribution in [2.24, 2.45) is 5.92 Å². The number of rotatable bonds is 3. The van der Waals surface area contributed by atoms with Crippen molar-refractivity contribution in [3.63, 3.8) is 0 Å². The first-order valence-electron chi connectivity index (χ1n) is 8.64. The maximum absolute atomic E-state index is 10.7. The molecule has 3 aromatic carbocycles. The SMILES string of the molecule is C[C@H]1Cc2ccc(C(O)c3ccccc3)cc2[C@@H]1c1ccccc1. The second kappa shape index (κ2) is 6.26. The molecule has 1 unspecified atom stereocenters. The molecule has 0 amide bonds. The Morgan fingerprint density at radius 3 is 2.21 bits per heavy atom. The van der Waals surface area contributed by atoms with Crippen LogP contribution in [0.5, 0.6) is 0 Å². The lowest BCUT2D eigenvalue weighted by Gasteiger charge is -2.19. The number of aliphatic hydroxyl groups excluding tert-OH is 1. The summed E-state index contributed by atoms with van der Waals surface area (Å²) in [5.41, 5.74) is 6.09. The van der Waals surface area contributed by atoms with Gasteiger partial charge in [0.1, 0.15) is 6.10 Å². The quantitative estimate of drug-likeness (QED) is 0.713. The lowest BCUT2D eigenvalue weighted by Crippen LogP contribution is -2.06. The van der Waals surface area contributed by atoms with Crippen LogP contribution in [-0.2, 0) is 6.42 Å². The maximum Gasteiger partial charge on any atom is 0.104 e. The minimum absolute atomic E-state index is 0.420. The molecule has 1 aliphatic carbocycles. The molecule has 1 nitrogen and oxygen atoms in total. The third kappa shape index (κ3) is 2.65. The predicted molar refractivity (Wildman–Crippen MR) is 98.1 cm³/mol.